The molecule has 0 saturated heterocycles. The van der Waals surface area contributed by atoms with Gasteiger partial charge in [-0.3, -0.25) is 0 Å². The second-order valence-electron chi connectivity index (χ2n) is 4.65. The number of hydrogen-bond acceptors (Lipinski definition) is 2. The first-order valence-electron chi connectivity index (χ1n) is 4.35. The summed E-state index contributed by atoms with van der Waals surface area (Å²) in [6.07, 6.45) is 2.25. The summed E-state index contributed by atoms with van der Waals surface area (Å²) in [5, 5.41) is 2.11. The highest BCUT2D eigenvalue weighted by molar-refractivity contribution is 7.10. The predicted octanol–water partition coefficient (Wildman–Crippen LogP) is 2.72. The first-order chi connectivity index (χ1) is 5.52. The van der Waals surface area contributed by atoms with Crippen LogP contribution in [0.2, 0.25) is 0 Å². The minimum Gasteiger partial charge on any atom is -0.321 e. The maximum Gasteiger partial charge on any atom is 0.0514 e. The summed E-state index contributed by atoms with van der Waals surface area (Å²) in [6.45, 7) is 4.57. The zero-order valence-electron chi connectivity index (χ0n) is 7.63. The smallest absolute Gasteiger partial charge is 0.0514 e. The molecule has 2 heteroatoms. The SMILES string of the molecule is CC1(C)CC(N)(c2cccs2)C1. The first kappa shape index (κ1) is 8.27. The summed E-state index contributed by atoms with van der Waals surface area (Å²) in [5.41, 5.74) is 6.71. The highest BCUT2D eigenvalue weighted by Gasteiger charge is 2.47. The van der Waals surface area contributed by atoms with Crippen LogP contribution in [-0.2, 0) is 5.54 Å². The zero-order valence-corrected chi connectivity index (χ0v) is 8.45. The molecule has 1 aliphatic carbocycles. The van der Waals surface area contributed by atoms with E-state index >= 15 is 0 Å². The Labute approximate surface area is 77.6 Å². The van der Waals surface area contributed by atoms with Crippen molar-refractivity contribution in [3.05, 3.63) is 22.4 Å². The van der Waals surface area contributed by atoms with E-state index in [4.69, 9.17) is 5.73 Å². The molecule has 0 aromatic carbocycles. The van der Waals surface area contributed by atoms with E-state index in [1.54, 1.807) is 11.3 Å². The van der Waals surface area contributed by atoms with Crippen LogP contribution in [0.15, 0.2) is 17.5 Å². The molecule has 66 valence electrons. The van der Waals surface area contributed by atoms with Gasteiger partial charge >= 0.3 is 0 Å². The lowest BCUT2D eigenvalue weighted by Crippen LogP contribution is -2.52. The standard InChI is InChI=1S/C10H15NS/c1-9(2)6-10(11,7-9)8-4-3-5-12-8/h3-5H,6-7,11H2,1-2H3. The Morgan fingerprint density at radius 3 is 2.50 bits per heavy atom. The fourth-order valence-corrected chi connectivity index (χ4v) is 3.23. The average molecular weight is 181 g/mol. The Hall–Kier alpha value is -0.340. The van der Waals surface area contributed by atoms with Crippen LogP contribution in [0.1, 0.15) is 31.6 Å². The van der Waals surface area contributed by atoms with Gasteiger partial charge in [0.05, 0.1) is 5.54 Å². The van der Waals surface area contributed by atoms with E-state index in [1.807, 2.05) is 0 Å². The van der Waals surface area contributed by atoms with Crippen LogP contribution in [-0.4, -0.2) is 0 Å². The zero-order chi connectivity index (χ0) is 8.82. The summed E-state index contributed by atoms with van der Waals surface area (Å²) in [4.78, 5) is 1.35. The number of nitrogens with two attached hydrogens (primary N) is 1. The van der Waals surface area contributed by atoms with Crippen molar-refractivity contribution in [1.82, 2.24) is 0 Å². The molecule has 1 nitrogen and oxygen atoms in total. The molecule has 0 bridgehead atoms. The average Bonchev–Trinajstić information content (AvgIpc) is 2.31. The van der Waals surface area contributed by atoms with Crippen molar-refractivity contribution < 1.29 is 0 Å². The second-order valence-corrected chi connectivity index (χ2v) is 5.60. The lowest BCUT2D eigenvalue weighted by Gasteiger charge is -2.50. The molecule has 1 saturated carbocycles. The van der Waals surface area contributed by atoms with Gasteiger partial charge in [0.1, 0.15) is 0 Å². The van der Waals surface area contributed by atoms with Crippen molar-refractivity contribution in [3.63, 3.8) is 0 Å². The van der Waals surface area contributed by atoms with E-state index in [0.29, 0.717) is 5.41 Å². The van der Waals surface area contributed by atoms with Crippen molar-refractivity contribution in [3.8, 4) is 0 Å². The van der Waals surface area contributed by atoms with Gasteiger partial charge in [-0.25, -0.2) is 0 Å². The summed E-state index contributed by atoms with van der Waals surface area (Å²) in [5.74, 6) is 0. The summed E-state index contributed by atoms with van der Waals surface area (Å²) < 4.78 is 0. The molecular formula is C10H15NS. The van der Waals surface area contributed by atoms with Gasteiger partial charge in [-0.2, -0.15) is 0 Å². The summed E-state index contributed by atoms with van der Waals surface area (Å²) >= 11 is 1.78. The molecule has 0 radical (unpaired) electrons. The Morgan fingerprint density at radius 1 is 1.42 bits per heavy atom. The van der Waals surface area contributed by atoms with Gasteiger partial charge in [0.25, 0.3) is 0 Å². The fraction of sp³-hybridized carbons (Fsp3) is 0.600. The van der Waals surface area contributed by atoms with Crippen LogP contribution in [0, 0.1) is 5.41 Å². The quantitative estimate of drug-likeness (QED) is 0.708. The molecule has 1 heterocycles. The highest BCUT2D eigenvalue weighted by atomic mass is 32.1. The van der Waals surface area contributed by atoms with Gasteiger partial charge < -0.3 is 5.73 Å². The Kier molecular flexibility index (Phi) is 1.61. The number of hydrogen-bond donors (Lipinski definition) is 1. The Balaban J connectivity index is 2.18. The summed E-state index contributed by atoms with van der Waals surface area (Å²) in [7, 11) is 0. The molecule has 1 aromatic rings. The molecule has 12 heavy (non-hydrogen) atoms. The minimum absolute atomic E-state index is 0.00231. The van der Waals surface area contributed by atoms with Crippen LogP contribution in [0.5, 0.6) is 0 Å². The van der Waals surface area contributed by atoms with Crippen molar-refractivity contribution in [2.75, 3.05) is 0 Å². The topological polar surface area (TPSA) is 26.0 Å². The van der Waals surface area contributed by atoms with Gasteiger partial charge in [-0.1, -0.05) is 19.9 Å². The number of thiophene rings is 1. The van der Waals surface area contributed by atoms with E-state index in [-0.39, 0.29) is 5.54 Å². The maximum atomic E-state index is 6.25. The van der Waals surface area contributed by atoms with Crippen molar-refractivity contribution in [1.29, 1.82) is 0 Å². The van der Waals surface area contributed by atoms with Crippen molar-refractivity contribution in [2.45, 2.75) is 32.2 Å². The van der Waals surface area contributed by atoms with Crippen LogP contribution >= 0.6 is 11.3 Å². The normalized spacial score (nSPS) is 24.9. The molecule has 0 aliphatic heterocycles. The Bertz CT molecular complexity index is 266. The third-order valence-corrected chi connectivity index (χ3v) is 3.69. The van der Waals surface area contributed by atoms with Crippen LogP contribution in [0.3, 0.4) is 0 Å². The number of rotatable bonds is 1. The van der Waals surface area contributed by atoms with Gasteiger partial charge in [-0.05, 0) is 29.7 Å². The Morgan fingerprint density at radius 2 is 2.08 bits per heavy atom. The van der Waals surface area contributed by atoms with E-state index < -0.39 is 0 Å². The molecule has 0 unspecified atom stereocenters. The molecule has 1 fully saturated rings. The minimum atomic E-state index is -0.00231. The molecular weight excluding hydrogens is 166 g/mol. The van der Waals surface area contributed by atoms with Gasteiger partial charge in [-0.15, -0.1) is 11.3 Å². The van der Waals surface area contributed by atoms with Gasteiger partial charge in [0, 0.05) is 4.88 Å². The maximum absolute atomic E-state index is 6.25. The van der Waals surface area contributed by atoms with Crippen molar-refractivity contribution >= 4 is 11.3 Å². The van der Waals surface area contributed by atoms with Gasteiger partial charge in [0.2, 0.25) is 0 Å². The van der Waals surface area contributed by atoms with E-state index in [1.165, 1.54) is 4.88 Å². The third-order valence-electron chi connectivity index (χ3n) is 2.60. The fourth-order valence-electron chi connectivity index (χ4n) is 2.39. The van der Waals surface area contributed by atoms with Crippen LogP contribution in [0.4, 0.5) is 0 Å². The predicted molar refractivity (Wildman–Crippen MR) is 53.2 cm³/mol. The highest BCUT2D eigenvalue weighted by Crippen LogP contribution is 2.52. The van der Waals surface area contributed by atoms with Crippen LogP contribution in [0.25, 0.3) is 0 Å². The van der Waals surface area contributed by atoms with E-state index in [0.717, 1.165) is 12.8 Å². The molecule has 1 aromatic heterocycles. The first-order valence-corrected chi connectivity index (χ1v) is 5.23. The molecule has 2 rings (SSSR count). The molecule has 1 aliphatic rings. The van der Waals surface area contributed by atoms with E-state index in [9.17, 15) is 0 Å². The van der Waals surface area contributed by atoms with Crippen molar-refractivity contribution in [2.24, 2.45) is 11.1 Å². The van der Waals surface area contributed by atoms with Gasteiger partial charge in [0.15, 0.2) is 0 Å². The molecule has 0 amide bonds. The molecule has 2 N–H and O–H groups in total. The van der Waals surface area contributed by atoms with Crippen LogP contribution < -0.4 is 5.73 Å². The lowest BCUT2D eigenvalue weighted by molar-refractivity contribution is 0.0646. The second kappa shape index (κ2) is 2.33. The largest absolute Gasteiger partial charge is 0.321 e. The lowest BCUT2D eigenvalue weighted by atomic mass is 9.59. The third kappa shape index (κ3) is 1.19. The van der Waals surface area contributed by atoms with E-state index in [2.05, 4.69) is 31.4 Å². The molecule has 0 atom stereocenters. The molecule has 0 spiro atoms. The summed E-state index contributed by atoms with van der Waals surface area (Å²) in [6, 6.07) is 4.24. The monoisotopic (exact) mass is 181 g/mol.